The minimum absolute atomic E-state index is 0.151. The molecule has 5 heteroatoms. The first-order valence-corrected chi connectivity index (χ1v) is 6.69. The molecule has 0 aromatic heterocycles. The van der Waals surface area contributed by atoms with Crippen LogP contribution in [0.3, 0.4) is 0 Å². The van der Waals surface area contributed by atoms with Gasteiger partial charge in [0.15, 0.2) is 0 Å². The maximum Gasteiger partial charge on any atom is 0.327 e. The van der Waals surface area contributed by atoms with Gasteiger partial charge in [-0.25, -0.2) is 0 Å². The molecular formula is C14H19FN2O2. The Balaban J connectivity index is 2.11. The number of nitrogens with zero attached hydrogens (tertiary/aromatic N) is 1. The van der Waals surface area contributed by atoms with E-state index in [1.807, 2.05) is 0 Å². The molecule has 1 aromatic rings. The molecule has 0 heterocycles. The van der Waals surface area contributed by atoms with Crippen LogP contribution < -0.4 is 5.32 Å². The Bertz CT molecular complexity index is 471. The number of anilines is 1. The fourth-order valence-corrected chi connectivity index (χ4v) is 2.73. The van der Waals surface area contributed by atoms with Crippen LogP contribution in [-0.2, 0) is 0 Å². The lowest BCUT2D eigenvalue weighted by Gasteiger charge is -2.33. The minimum Gasteiger partial charge on any atom is -0.379 e. The number of halogens is 1. The quantitative estimate of drug-likeness (QED) is 0.659. The highest BCUT2D eigenvalue weighted by atomic mass is 19.1. The smallest absolute Gasteiger partial charge is 0.327 e. The molecule has 1 fully saturated rings. The highest BCUT2D eigenvalue weighted by Gasteiger charge is 2.28. The Morgan fingerprint density at radius 2 is 2.05 bits per heavy atom. The van der Waals surface area contributed by atoms with Crippen molar-refractivity contribution in [2.75, 3.05) is 11.9 Å². The summed E-state index contributed by atoms with van der Waals surface area (Å²) in [6, 6.07) is 4.17. The van der Waals surface area contributed by atoms with E-state index in [2.05, 4.69) is 12.2 Å². The van der Waals surface area contributed by atoms with Gasteiger partial charge >= 0.3 is 5.69 Å². The van der Waals surface area contributed by atoms with Gasteiger partial charge in [-0.2, -0.15) is 4.39 Å². The molecule has 1 saturated carbocycles. The van der Waals surface area contributed by atoms with Crippen molar-refractivity contribution in [2.45, 2.75) is 39.0 Å². The fraction of sp³-hybridized carbons (Fsp3) is 0.571. The largest absolute Gasteiger partial charge is 0.379 e. The number of hydrogen-bond donors (Lipinski definition) is 1. The second kappa shape index (κ2) is 5.55. The topological polar surface area (TPSA) is 55.2 Å². The summed E-state index contributed by atoms with van der Waals surface area (Å²) in [6.07, 6.45) is 5.88. The van der Waals surface area contributed by atoms with Crippen LogP contribution >= 0.6 is 0 Å². The molecule has 0 radical (unpaired) electrons. The van der Waals surface area contributed by atoms with Gasteiger partial charge in [-0.15, -0.1) is 0 Å². The van der Waals surface area contributed by atoms with Crippen LogP contribution in [0, 0.1) is 21.3 Å². The molecule has 0 amide bonds. The van der Waals surface area contributed by atoms with Crippen molar-refractivity contribution in [3.8, 4) is 0 Å². The summed E-state index contributed by atoms with van der Waals surface area (Å²) in [4.78, 5) is 10.2. The molecule has 0 spiro atoms. The van der Waals surface area contributed by atoms with Gasteiger partial charge in [0.25, 0.3) is 0 Å². The predicted molar refractivity (Wildman–Crippen MR) is 72.7 cm³/mol. The molecule has 4 nitrogen and oxygen atoms in total. The summed E-state index contributed by atoms with van der Waals surface area (Å²) in [5, 5.41) is 14.0. The van der Waals surface area contributed by atoms with Gasteiger partial charge in [0.2, 0.25) is 5.82 Å². The first-order chi connectivity index (χ1) is 9.02. The van der Waals surface area contributed by atoms with Crippen molar-refractivity contribution in [1.29, 1.82) is 0 Å². The van der Waals surface area contributed by atoms with Crippen LogP contribution in [0.5, 0.6) is 0 Å². The maximum atomic E-state index is 13.5. The van der Waals surface area contributed by atoms with Crippen LogP contribution in [0.4, 0.5) is 15.8 Å². The highest BCUT2D eigenvalue weighted by molar-refractivity contribution is 5.62. The maximum absolute atomic E-state index is 13.5. The molecule has 0 saturated heterocycles. The van der Waals surface area contributed by atoms with E-state index in [-0.39, 0.29) is 11.1 Å². The van der Waals surface area contributed by atoms with Gasteiger partial charge in [-0.1, -0.05) is 32.3 Å². The van der Waals surface area contributed by atoms with Crippen molar-refractivity contribution in [2.24, 2.45) is 5.41 Å². The van der Waals surface area contributed by atoms with E-state index in [0.717, 1.165) is 18.9 Å². The summed E-state index contributed by atoms with van der Waals surface area (Å²) >= 11 is 0. The number of benzene rings is 1. The number of rotatable bonds is 4. The van der Waals surface area contributed by atoms with Gasteiger partial charge in [0, 0.05) is 6.54 Å². The Morgan fingerprint density at radius 1 is 1.37 bits per heavy atom. The number of hydrogen-bond acceptors (Lipinski definition) is 3. The molecule has 104 valence electrons. The lowest BCUT2D eigenvalue weighted by atomic mass is 9.76. The van der Waals surface area contributed by atoms with Crippen molar-refractivity contribution in [3.63, 3.8) is 0 Å². The molecule has 1 N–H and O–H groups in total. The van der Waals surface area contributed by atoms with E-state index in [1.54, 1.807) is 6.07 Å². The third kappa shape index (κ3) is 3.22. The van der Waals surface area contributed by atoms with Crippen molar-refractivity contribution >= 4 is 11.4 Å². The number of nitro groups is 1. The van der Waals surface area contributed by atoms with E-state index in [4.69, 9.17) is 0 Å². The second-order valence-corrected chi connectivity index (χ2v) is 5.62. The molecule has 0 aliphatic heterocycles. The molecule has 0 unspecified atom stereocenters. The molecule has 1 aliphatic carbocycles. The Morgan fingerprint density at radius 3 is 2.68 bits per heavy atom. The van der Waals surface area contributed by atoms with Crippen LogP contribution in [0.25, 0.3) is 0 Å². The average molecular weight is 266 g/mol. The number of nitrogens with one attached hydrogen (secondary N) is 1. The summed E-state index contributed by atoms with van der Waals surface area (Å²) in [5.41, 5.74) is -0.0305. The van der Waals surface area contributed by atoms with Gasteiger partial charge < -0.3 is 5.32 Å². The Hall–Kier alpha value is -1.65. The van der Waals surface area contributed by atoms with Gasteiger partial charge in [-0.3, -0.25) is 10.1 Å². The number of nitro benzene ring substituents is 1. The second-order valence-electron chi connectivity index (χ2n) is 5.62. The predicted octanol–water partition coefficient (Wildman–Crippen LogP) is 4.12. The summed E-state index contributed by atoms with van der Waals surface area (Å²) < 4.78 is 13.5. The zero-order valence-electron chi connectivity index (χ0n) is 11.1. The molecule has 0 atom stereocenters. The zero-order chi connectivity index (χ0) is 13.9. The van der Waals surface area contributed by atoms with E-state index >= 15 is 0 Å². The van der Waals surface area contributed by atoms with Gasteiger partial charge in [0.1, 0.15) is 5.69 Å². The molecule has 2 rings (SSSR count). The third-order valence-electron chi connectivity index (χ3n) is 3.94. The van der Waals surface area contributed by atoms with E-state index < -0.39 is 16.4 Å². The standard InChI is InChI=1S/C14H19FN2O2/c1-14(8-3-2-4-9-14)10-16-12-7-5-6-11(15)13(12)17(18)19/h5-7,16H,2-4,8-10H2,1H3. The lowest BCUT2D eigenvalue weighted by Crippen LogP contribution is -2.29. The van der Waals surface area contributed by atoms with Crippen LogP contribution in [0.15, 0.2) is 18.2 Å². The summed E-state index contributed by atoms with van der Waals surface area (Å²) in [6.45, 7) is 2.83. The lowest BCUT2D eigenvalue weighted by molar-refractivity contribution is -0.386. The average Bonchev–Trinajstić information content (AvgIpc) is 2.37. The Labute approximate surface area is 112 Å². The van der Waals surface area contributed by atoms with Crippen LogP contribution in [-0.4, -0.2) is 11.5 Å². The third-order valence-corrected chi connectivity index (χ3v) is 3.94. The van der Waals surface area contributed by atoms with Crippen molar-refractivity contribution < 1.29 is 9.31 Å². The zero-order valence-corrected chi connectivity index (χ0v) is 11.1. The monoisotopic (exact) mass is 266 g/mol. The van der Waals surface area contributed by atoms with E-state index in [9.17, 15) is 14.5 Å². The fourth-order valence-electron chi connectivity index (χ4n) is 2.73. The molecule has 19 heavy (non-hydrogen) atoms. The van der Waals surface area contributed by atoms with E-state index in [0.29, 0.717) is 6.54 Å². The van der Waals surface area contributed by atoms with Gasteiger partial charge in [0.05, 0.1) is 4.92 Å². The molecule has 0 bridgehead atoms. The summed E-state index contributed by atoms with van der Waals surface area (Å²) in [7, 11) is 0. The summed E-state index contributed by atoms with van der Waals surface area (Å²) in [5.74, 6) is -0.788. The highest BCUT2D eigenvalue weighted by Crippen LogP contribution is 2.37. The number of para-hydroxylation sites is 1. The van der Waals surface area contributed by atoms with Crippen molar-refractivity contribution in [1.82, 2.24) is 0 Å². The van der Waals surface area contributed by atoms with E-state index in [1.165, 1.54) is 25.3 Å². The van der Waals surface area contributed by atoms with Gasteiger partial charge in [-0.05, 0) is 30.4 Å². The first kappa shape index (κ1) is 13.8. The molecule has 1 aliphatic rings. The van der Waals surface area contributed by atoms with Crippen LogP contribution in [0.1, 0.15) is 39.0 Å². The molecule has 1 aromatic carbocycles. The van der Waals surface area contributed by atoms with Crippen molar-refractivity contribution in [3.05, 3.63) is 34.1 Å². The minimum atomic E-state index is -0.788. The first-order valence-electron chi connectivity index (χ1n) is 6.69. The SMILES string of the molecule is CC1(CNc2cccc(F)c2[N+](=O)[O-])CCCCC1. The normalized spacial score (nSPS) is 18.0. The molecular weight excluding hydrogens is 247 g/mol. The Kier molecular flexibility index (Phi) is 4.02. The van der Waals surface area contributed by atoms with Crippen LogP contribution in [0.2, 0.25) is 0 Å².